The number of aromatic nitrogens is 2. The number of nitrogens with zero attached hydrogens (tertiary/aromatic N) is 3. The molecule has 0 unspecified atom stereocenters. The highest BCUT2D eigenvalue weighted by Gasteiger charge is 2.34. The molecule has 1 aliphatic rings. The second-order valence-electron chi connectivity index (χ2n) is 5.07. The minimum absolute atomic E-state index is 0.0425. The molecule has 3 heterocycles. The summed E-state index contributed by atoms with van der Waals surface area (Å²) >= 11 is 7.40. The van der Waals surface area contributed by atoms with Gasteiger partial charge in [0.15, 0.2) is 15.1 Å². The minimum atomic E-state index is -3.62. The van der Waals surface area contributed by atoms with E-state index in [0.29, 0.717) is 30.6 Å². The number of imidazole rings is 1. The summed E-state index contributed by atoms with van der Waals surface area (Å²) in [6, 6.07) is 0. The Morgan fingerprint density at radius 1 is 1.48 bits per heavy atom. The first kappa shape index (κ1) is 15.2. The van der Waals surface area contributed by atoms with Crippen molar-refractivity contribution >= 4 is 37.9 Å². The summed E-state index contributed by atoms with van der Waals surface area (Å²) in [6.45, 7) is 1.66. The third-order valence-corrected chi connectivity index (χ3v) is 6.79. The van der Waals surface area contributed by atoms with Crippen LogP contribution in [-0.2, 0) is 14.8 Å². The Hall–Kier alpha value is -0.670. The van der Waals surface area contributed by atoms with Gasteiger partial charge in [-0.25, -0.2) is 13.4 Å². The van der Waals surface area contributed by atoms with Gasteiger partial charge in [0.25, 0.3) is 10.0 Å². The molecule has 116 valence electrons. The third kappa shape index (κ3) is 2.70. The van der Waals surface area contributed by atoms with E-state index in [4.69, 9.17) is 16.3 Å². The van der Waals surface area contributed by atoms with E-state index in [9.17, 15) is 8.42 Å². The van der Waals surface area contributed by atoms with E-state index in [2.05, 4.69) is 4.98 Å². The van der Waals surface area contributed by atoms with E-state index < -0.39 is 10.0 Å². The molecule has 9 heteroatoms. The van der Waals surface area contributed by atoms with Crippen LogP contribution in [0.1, 0.15) is 12.8 Å². The van der Waals surface area contributed by atoms with E-state index in [1.165, 1.54) is 15.6 Å². The molecule has 6 nitrogen and oxygen atoms in total. The SMILES string of the molecule is COCC1CCN(S(=O)(=O)c2c(Cl)nc3sccn23)CC1. The molecule has 0 bridgehead atoms. The van der Waals surface area contributed by atoms with E-state index in [-0.39, 0.29) is 10.2 Å². The summed E-state index contributed by atoms with van der Waals surface area (Å²) < 4.78 is 33.8. The Labute approximate surface area is 132 Å². The van der Waals surface area contributed by atoms with Gasteiger partial charge in [0.1, 0.15) is 0 Å². The maximum Gasteiger partial charge on any atom is 0.262 e. The van der Waals surface area contributed by atoms with E-state index in [1.54, 1.807) is 23.1 Å². The maximum atomic E-state index is 12.8. The lowest BCUT2D eigenvalue weighted by Gasteiger charge is -2.30. The van der Waals surface area contributed by atoms with Gasteiger partial charge in [-0.15, -0.1) is 11.3 Å². The maximum absolute atomic E-state index is 12.8. The highest BCUT2D eigenvalue weighted by molar-refractivity contribution is 7.89. The van der Waals surface area contributed by atoms with Crippen molar-refractivity contribution in [3.05, 3.63) is 16.7 Å². The molecule has 3 rings (SSSR count). The largest absolute Gasteiger partial charge is 0.384 e. The molecule has 2 aromatic heterocycles. The molecular weight excluding hydrogens is 334 g/mol. The van der Waals surface area contributed by atoms with E-state index >= 15 is 0 Å². The minimum Gasteiger partial charge on any atom is -0.384 e. The zero-order valence-electron chi connectivity index (χ0n) is 11.5. The predicted octanol–water partition coefficient (Wildman–Crippen LogP) is 2.10. The van der Waals surface area contributed by atoms with Gasteiger partial charge in [-0.1, -0.05) is 11.6 Å². The second kappa shape index (κ2) is 5.85. The molecule has 0 spiro atoms. The lowest BCUT2D eigenvalue weighted by Crippen LogP contribution is -2.39. The van der Waals surface area contributed by atoms with Crippen LogP contribution in [0, 0.1) is 5.92 Å². The van der Waals surface area contributed by atoms with Gasteiger partial charge < -0.3 is 4.74 Å². The zero-order valence-corrected chi connectivity index (χ0v) is 13.9. The summed E-state index contributed by atoms with van der Waals surface area (Å²) in [4.78, 5) is 4.69. The number of methoxy groups -OCH3 is 1. The van der Waals surface area contributed by atoms with Gasteiger partial charge in [-0.05, 0) is 18.8 Å². The quantitative estimate of drug-likeness (QED) is 0.848. The van der Waals surface area contributed by atoms with Gasteiger partial charge in [0, 0.05) is 38.4 Å². The average Bonchev–Trinajstić information content (AvgIpc) is 2.99. The number of hydrogen-bond acceptors (Lipinski definition) is 5. The number of fused-ring (bicyclic) bond motifs is 1. The lowest BCUT2D eigenvalue weighted by molar-refractivity contribution is 0.121. The van der Waals surface area contributed by atoms with Crippen LogP contribution >= 0.6 is 22.9 Å². The van der Waals surface area contributed by atoms with Gasteiger partial charge in [-0.2, -0.15) is 4.31 Å². The van der Waals surface area contributed by atoms with Crippen LogP contribution in [0.5, 0.6) is 0 Å². The monoisotopic (exact) mass is 349 g/mol. The molecule has 0 radical (unpaired) electrons. The third-order valence-electron chi connectivity index (χ3n) is 3.74. The first-order valence-electron chi connectivity index (χ1n) is 6.64. The number of thiazole rings is 1. The van der Waals surface area contributed by atoms with Crippen LogP contribution in [0.4, 0.5) is 0 Å². The average molecular weight is 350 g/mol. The Morgan fingerprint density at radius 2 is 2.19 bits per heavy atom. The van der Waals surface area contributed by atoms with Crippen molar-refractivity contribution in [3.8, 4) is 0 Å². The lowest BCUT2D eigenvalue weighted by atomic mass is 9.99. The number of piperidine rings is 1. The van der Waals surface area contributed by atoms with Gasteiger partial charge in [0.2, 0.25) is 0 Å². The van der Waals surface area contributed by atoms with Gasteiger partial charge in [0.05, 0.1) is 0 Å². The van der Waals surface area contributed by atoms with E-state index in [1.807, 2.05) is 0 Å². The molecule has 1 saturated heterocycles. The molecule has 0 aliphatic carbocycles. The number of rotatable bonds is 4. The Balaban J connectivity index is 1.88. The fourth-order valence-corrected chi connectivity index (χ4v) is 5.52. The second-order valence-corrected chi connectivity index (χ2v) is 8.15. The molecule has 0 amide bonds. The molecule has 1 fully saturated rings. The molecule has 0 saturated carbocycles. The van der Waals surface area contributed by atoms with Gasteiger partial charge >= 0.3 is 0 Å². The smallest absolute Gasteiger partial charge is 0.262 e. The summed E-state index contributed by atoms with van der Waals surface area (Å²) in [6.07, 6.45) is 3.29. The molecule has 0 atom stereocenters. The fourth-order valence-electron chi connectivity index (χ4n) is 2.64. The Morgan fingerprint density at radius 3 is 2.86 bits per heavy atom. The summed E-state index contributed by atoms with van der Waals surface area (Å²) in [7, 11) is -1.95. The number of sulfonamides is 1. The summed E-state index contributed by atoms with van der Waals surface area (Å²) in [5, 5.41) is 1.91. The number of halogens is 1. The fraction of sp³-hybridized carbons (Fsp3) is 0.583. The van der Waals surface area contributed by atoms with Crippen molar-refractivity contribution in [2.75, 3.05) is 26.8 Å². The topological polar surface area (TPSA) is 63.9 Å². The molecule has 0 N–H and O–H groups in total. The van der Waals surface area contributed by atoms with Crippen molar-refractivity contribution in [2.45, 2.75) is 17.9 Å². The summed E-state index contributed by atoms with van der Waals surface area (Å²) in [5.74, 6) is 0.420. The molecule has 21 heavy (non-hydrogen) atoms. The highest BCUT2D eigenvalue weighted by atomic mass is 35.5. The van der Waals surface area contributed by atoms with Crippen molar-refractivity contribution in [1.82, 2.24) is 13.7 Å². The molecule has 2 aromatic rings. The van der Waals surface area contributed by atoms with Crippen molar-refractivity contribution in [2.24, 2.45) is 5.92 Å². The van der Waals surface area contributed by atoms with Crippen LogP contribution < -0.4 is 0 Å². The number of ether oxygens (including phenoxy) is 1. The molecule has 1 aliphatic heterocycles. The first-order valence-corrected chi connectivity index (χ1v) is 9.34. The van der Waals surface area contributed by atoms with Crippen molar-refractivity contribution < 1.29 is 13.2 Å². The Kier molecular flexibility index (Phi) is 4.24. The first-order chi connectivity index (χ1) is 10.0. The van der Waals surface area contributed by atoms with Crippen LogP contribution in [-0.4, -0.2) is 48.9 Å². The molecular formula is C12H16ClN3O3S2. The predicted molar refractivity (Wildman–Crippen MR) is 81.4 cm³/mol. The van der Waals surface area contributed by atoms with Crippen molar-refractivity contribution in [1.29, 1.82) is 0 Å². The van der Waals surface area contributed by atoms with Gasteiger partial charge in [-0.3, -0.25) is 4.40 Å². The number of hydrogen-bond donors (Lipinski definition) is 0. The van der Waals surface area contributed by atoms with Crippen LogP contribution in [0.15, 0.2) is 16.6 Å². The Bertz CT molecular complexity index is 732. The van der Waals surface area contributed by atoms with Crippen LogP contribution in [0.25, 0.3) is 4.96 Å². The van der Waals surface area contributed by atoms with Crippen LogP contribution in [0.3, 0.4) is 0 Å². The summed E-state index contributed by atoms with van der Waals surface area (Å²) in [5.41, 5.74) is 0. The molecule has 0 aromatic carbocycles. The van der Waals surface area contributed by atoms with Crippen LogP contribution in [0.2, 0.25) is 5.15 Å². The van der Waals surface area contributed by atoms with Crippen molar-refractivity contribution in [3.63, 3.8) is 0 Å². The highest BCUT2D eigenvalue weighted by Crippen LogP contribution is 2.30. The zero-order chi connectivity index (χ0) is 15.0. The standard InChI is InChI=1S/C12H16ClN3O3S2/c1-19-8-9-2-4-15(5-3-9)21(17,18)11-10(13)14-12-16(11)6-7-20-12/h6-7,9H,2-5,8H2,1H3. The van der Waals surface area contributed by atoms with E-state index in [0.717, 1.165) is 12.8 Å². The normalized spacial score (nSPS) is 18.6.